The third-order valence-corrected chi connectivity index (χ3v) is 4.13. The lowest BCUT2D eigenvalue weighted by atomic mass is 9.94. The number of likely N-dealkylation sites (tertiary alicyclic amines) is 1. The summed E-state index contributed by atoms with van der Waals surface area (Å²) in [6.07, 6.45) is 0.948. The minimum atomic E-state index is -0.109. The third kappa shape index (κ3) is 3.39. The van der Waals surface area contributed by atoms with Gasteiger partial charge < -0.3 is 16.0 Å². The number of amides is 2. The largest absolute Gasteiger partial charge is 0.326 e. The van der Waals surface area contributed by atoms with Gasteiger partial charge in [-0.05, 0) is 37.0 Å². The molecule has 2 amide bonds. The number of piperidine rings is 1. The average molecular weight is 282 g/mol. The zero-order valence-corrected chi connectivity index (χ0v) is 12.1. The first kappa shape index (κ1) is 14.2. The van der Waals surface area contributed by atoms with Crippen molar-refractivity contribution in [2.75, 3.05) is 18.4 Å². The monoisotopic (exact) mass is 281 g/mol. The Morgan fingerprint density at radius 3 is 2.89 bits per heavy atom. The smallest absolute Gasteiger partial charge is 0.321 e. The Morgan fingerprint density at radius 1 is 1.53 bits per heavy atom. The van der Waals surface area contributed by atoms with Gasteiger partial charge in [0.1, 0.15) is 0 Å². The molecule has 1 heterocycles. The molecule has 0 saturated carbocycles. The number of urea groups is 1. The van der Waals surface area contributed by atoms with E-state index in [9.17, 15) is 4.79 Å². The predicted molar refractivity (Wildman–Crippen MR) is 78.5 cm³/mol. The third-order valence-electron chi connectivity index (χ3n) is 3.73. The topological polar surface area (TPSA) is 58.4 Å². The number of benzene rings is 1. The van der Waals surface area contributed by atoms with E-state index in [1.54, 1.807) is 11.0 Å². The fraction of sp³-hybridized carbons (Fsp3) is 0.500. The lowest BCUT2D eigenvalue weighted by Gasteiger charge is -2.35. The molecule has 0 spiro atoms. The van der Waals surface area contributed by atoms with Crippen LogP contribution in [-0.4, -0.2) is 30.1 Å². The molecule has 3 N–H and O–H groups in total. The summed E-state index contributed by atoms with van der Waals surface area (Å²) >= 11 is 6.04. The van der Waals surface area contributed by atoms with E-state index in [1.807, 2.05) is 19.1 Å². The van der Waals surface area contributed by atoms with Crippen LogP contribution in [0, 0.1) is 12.8 Å². The van der Waals surface area contributed by atoms with Gasteiger partial charge in [0.15, 0.2) is 0 Å². The molecule has 1 fully saturated rings. The average Bonchev–Trinajstić information content (AvgIpc) is 2.37. The first-order chi connectivity index (χ1) is 8.97. The summed E-state index contributed by atoms with van der Waals surface area (Å²) in [4.78, 5) is 13.9. The van der Waals surface area contributed by atoms with E-state index >= 15 is 0 Å². The number of nitrogens with zero attached hydrogens (tertiary/aromatic N) is 1. The van der Waals surface area contributed by atoms with Crippen molar-refractivity contribution in [1.82, 2.24) is 4.90 Å². The van der Waals surface area contributed by atoms with Crippen LogP contribution in [0.3, 0.4) is 0 Å². The summed E-state index contributed by atoms with van der Waals surface area (Å²) in [5, 5.41) is 3.52. The second-order valence-corrected chi connectivity index (χ2v) is 5.68. The molecule has 2 atom stereocenters. The van der Waals surface area contributed by atoms with Crippen LogP contribution in [0.25, 0.3) is 0 Å². The van der Waals surface area contributed by atoms with Crippen molar-refractivity contribution in [3.63, 3.8) is 0 Å². The van der Waals surface area contributed by atoms with Crippen molar-refractivity contribution in [3.05, 3.63) is 28.8 Å². The second-order valence-electron chi connectivity index (χ2n) is 5.27. The van der Waals surface area contributed by atoms with Gasteiger partial charge in [0.05, 0.1) is 0 Å². The highest BCUT2D eigenvalue weighted by Crippen LogP contribution is 2.21. The van der Waals surface area contributed by atoms with Crippen LogP contribution < -0.4 is 11.1 Å². The number of halogens is 1. The van der Waals surface area contributed by atoms with E-state index in [4.69, 9.17) is 17.3 Å². The zero-order valence-electron chi connectivity index (χ0n) is 11.3. The van der Waals surface area contributed by atoms with Crippen molar-refractivity contribution in [1.29, 1.82) is 0 Å². The van der Waals surface area contributed by atoms with Crippen LogP contribution in [0.4, 0.5) is 10.5 Å². The molecule has 2 unspecified atom stereocenters. The normalized spacial score (nSPS) is 23.3. The molecule has 1 aromatic rings. The quantitative estimate of drug-likeness (QED) is 0.832. The molecule has 1 aliphatic heterocycles. The molecule has 0 radical (unpaired) electrons. The number of rotatable bonds is 1. The Kier molecular flexibility index (Phi) is 4.32. The summed E-state index contributed by atoms with van der Waals surface area (Å²) in [7, 11) is 0. The fourth-order valence-electron chi connectivity index (χ4n) is 2.16. The van der Waals surface area contributed by atoms with Crippen LogP contribution in [0.5, 0.6) is 0 Å². The highest BCUT2D eigenvalue weighted by Gasteiger charge is 2.26. The number of anilines is 1. The minimum absolute atomic E-state index is 0.0566. The highest BCUT2D eigenvalue weighted by molar-refractivity contribution is 6.31. The van der Waals surface area contributed by atoms with Gasteiger partial charge in [-0.2, -0.15) is 0 Å². The molecular weight excluding hydrogens is 262 g/mol. The fourth-order valence-corrected chi connectivity index (χ4v) is 2.34. The van der Waals surface area contributed by atoms with Crippen LogP contribution in [0.15, 0.2) is 18.2 Å². The van der Waals surface area contributed by atoms with Gasteiger partial charge in [-0.25, -0.2) is 4.79 Å². The number of carbonyl (C=O) groups is 1. The van der Waals surface area contributed by atoms with Crippen LogP contribution in [-0.2, 0) is 0 Å². The lowest BCUT2D eigenvalue weighted by molar-refractivity contribution is 0.174. The molecule has 0 bridgehead atoms. The van der Waals surface area contributed by atoms with Gasteiger partial charge in [0.25, 0.3) is 0 Å². The van der Waals surface area contributed by atoms with E-state index < -0.39 is 0 Å². The van der Waals surface area contributed by atoms with E-state index in [0.29, 0.717) is 23.2 Å². The molecule has 1 saturated heterocycles. The van der Waals surface area contributed by atoms with Gasteiger partial charge in [-0.3, -0.25) is 0 Å². The highest BCUT2D eigenvalue weighted by atomic mass is 35.5. The summed E-state index contributed by atoms with van der Waals surface area (Å²) in [5.74, 6) is 0.470. The number of nitrogens with one attached hydrogen (secondary N) is 1. The molecule has 5 heteroatoms. The first-order valence-electron chi connectivity index (χ1n) is 6.55. The van der Waals surface area contributed by atoms with E-state index in [2.05, 4.69) is 12.2 Å². The molecule has 1 aromatic carbocycles. The Morgan fingerprint density at radius 2 is 2.26 bits per heavy atom. The van der Waals surface area contributed by atoms with Gasteiger partial charge in [0, 0.05) is 29.8 Å². The summed E-state index contributed by atoms with van der Waals surface area (Å²) < 4.78 is 0. The van der Waals surface area contributed by atoms with E-state index in [-0.39, 0.29) is 12.1 Å². The van der Waals surface area contributed by atoms with Gasteiger partial charge in [-0.15, -0.1) is 0 Å². The number of hydrogen-bond donors (Lipinski definition) is 2. The Labute approximate surface area is 118 Å². The maximum atomic E-state index is 12.1. The number of carbonyl (C=O) groups excluding carboxylic acids is 1. The molecule has 2 rings (SSSR count). The lowest BCUT2D eigenvalue weighted by Crippen LogP contribution is -2.50. The van der Waals surface area contributed by atoms with Crippen LogP contribution in [0.1, 0.15) is 18.9 Å². The number of hydrogen-bond acceptors (Lipinski definition) is 2. The standard InChI is InChI=1S/C14H20ClN3O/c1-9-3-4-11(7-12(9)15)17-14(19)18-6-5-10(2)13(16)8-18/h3-4,7,10,13H,5-6,8,16H2,1-2H3,(H,17,19). The van der Waals surface area contributed by atoms with Crippen LogP contribution in [0.2, 0.25) is 5.02 Å². The van der Waals surface area contributed by atoms with Gasteiger partial charge >= 0.3 is 6.03 Å². The van der Waals surface area contributed by atoms with E-state index in [0.717, 1.165) is 18.5 Å². The molecule has 19 heavy (non-hydrogen) atoms. The van der Waals surface area contributed by atoms with Crippen molar-refractivity contribution in [2.24, 2.45) is 11.7 Å². The SMILES string of the molecule is Cc1ccc(NC(=O)N2CCC(C)C(N)C2)cc1Cl. The number of nitrogens with two attached hydrogens (primary N) is 1. The van der Waals surface area contributed by atoms with Gasteiger partial charge in [0.2, 0.25) is 0 Å². The number of aryl methyl sites for hydroxylation is 1. The zero-order chi connectivity index (χ0) is 14.0. The Hall–Kier alpha value is -1.26. The van der Waals surface area contributed by atoms with Crippen molar-refractivity contribution in [3.8, 4) is 0 Å². The summed E-state index contributed by atoms with van der Waals surface area (Å²) in [6, 6.07) is 5.46. The van der Waals surface area contributed by atoms with Crippen molar-refractivity contribution < 1.29 is 4.79 Å². The van der Waals surface area contributed by atoms with Crippen LogP contribution >= 0.6 is 11.6 Å². The molecule has 1 aliphatic rings. The van der Waals surface area contributed by atoms with E-state index in [1.165, 1.54) is 0 Å². The maximum absolute atomic E-state index is 12.1. The predicted octanol–water partition coefficient (Wildman–Crippen LogP) is 2.85. The Bertz CT molecular complexity index is 478. The molecule has 4 nitrogen and oxygen atoms in total. The Balaban J connectivity index is 1.99. The van der Waals surface area contributed by atoms with Gasteiger partial charge in [-0.1, -0.05) is 24.6 Å². The maximum Gasteiger partial charge on any atom is 0.321 e. The molecule has 0 aromatic heterocycles. The minimum Gasteiger partial charge on any atom is -0.326 e. The molecular formula is C14H20ClN3O. The molecule has 104 valence electrons. The molecule has 0 aliphatic carbocycles. The second kappa shape index (κ2) is 5.80. The summed E-state index contributed by atoms with van der Waals surface area (Å²) in [6.45, 7) is 5.41. The first-order valence-corrected chi connectivity index (χ1v) is 6.93. The summed E-state index contributed by atoms with van der Waals surface area (Å²) in [5.41, 5.74) is 7.71. The van der Waals surface area contributed by atoms with Crippen molar-refractivity contribution in [2.45, 2.75) is 26.3 Å². The van der Waals surface area contributed by atoms with Crippen molar-refractivity contribution >= 4 is 23.3 Å².